The number of nitrogens with one attached hydrogen (secondary N) is 2. The number of benzene rings is 2. The average Bonchev–Trinajstić information content (AvgIpc) is 2.55. The lowest BCUT2D eigenvalue weighted by atomic mass is 10.1. The minimum atomic E-state index is -3.63. The maximum atomic E-state index is 12.7. The number of fused-ring (bicyclic) bond motifs is 1. The van der Waals surface area contributed by atoms with Crippen molar-refractivity contribution in [3.05, 3.63) is 74.6 Å². The molecule has 2 aromatic carbocycles. The molecule has 0 fully saturated rings. The lowest BCUT2D eigenvalue weighted by molar-refractivity contribution is 0.580. The second kappa shape index (κ2) is 7.29. The number of hydrogen-bond donors (Lipinski definition) is 2. The summed E-state index contributed by atoms with van der Waals surface area (Å²) in [6, 6.07) is 11.4. The van der Waals surface area contributed by atoms with Gasteiger partial charge in [-0.25, -0.2) is 13.1 Å². The molecule has 0 amide bonds. The number of aromatic amines is 1. The van der Waals surface area contributed by atoms with E-state index in [0.717, 1.165) is 33.2 Å². The molecular formula is C21H24N2O3S. The molecule has 3 rings (SSSR count). The highest BCUT2D eigenvalue weighted by Crippen LogP contribution is 2.21. The molecule has 0 radical (unpaired) electrons. The van der Waals surface area contributed by atoms with Gasteiger partial charge in [0, 0.05) is 12.1 Å². The van der Waals surface area contributed by atoms with Crippen molar-refractivity contribution in [3.8, 4) is 0 Å². The van der Waals surface area contributed by atoms with Crippen LogP contribution in [0.4, 0.5) is 0 Å². The van der Waals surface area contributed by atoms with E-state index in [4.69, 9.17) is 0 Å². The van der Waals surface area contributed by atoms with Crippen LogP contribution in [-0.4, -0.2) is 19.9 Å². The van der Waals surface area contributed by atoms with E-state index in [-0.39, 0.29) is 12.1 Å². The van der Waals surface area contributed by atoms with Crippen molar-refractivity contribution in [2.45, 2.75) is 39.0 Å². The number of sulfonamides is 1. The summed E-state index contributed by atoms with van der Waals surface area (Å²) in [5.74, 6) is 0. The molecule has 0 saturated heterocycles. The van der Waals surface area contributed by atoms with Gasteiger partial charge in [0.25, 0.3) is 5.56 Å². The Morgan fingerprint density at radius 2 is 1.63 bits per heavy atom. The number of para-hydroxylation sites is 1. The van der Waals surface area contributed by atoms with Crippen LogP contribution in [0.25, 0.3) is 10.9 Å². The van der Waals surface area contributed by atoms with Gasteiger partial charge in [0.1, 0.15) is 0 Å². The summed E-state index contributed by atoms with van der Waals surface area (Å²) >= 11 is 0. The third kappa shape index (κ3) is 3.96. The highest BCUT2D eigenvalue weighted by Gasteiger charge is 2.19. The maximum absolute atomic E-state index is 12.7. The smallest absolute Gasteiger partial charge is 0.251 e. The van der Waals surface area contributed by atoms with Crippen LogP contribution in [0.1, 0.15) is 27.8 Å². The summed E-state index contributed by atoms with van der Waals surface area (Å²) in [7, 11) is -3.63. The molecule has 0 aliphatic heterocycles. The van der Waals surface area contributed by atoms with E-state index in [1.54, 1.807) is 13.8 Å². The molecule has 0 spiro atoms. The lowest BCUT2D eigenvalue weighted by Gasteiger charge is -2.13. The molecule has 0 unspecified atom stereocenters. The Morgan fingerprint density at radius 3 is 2.30 bits per heavy atom. The zero-order chi connectivity index (χ0) is 19.8. The fraction of sp³-hybridized carbons (Fsp3) is 0.286. The van der Waals surface area contributed by atoms with Gasteiger partial charge in [-0.3, -0.25) is 4.79 Å². The lowest BCUT2D eigenvalue weighted by Crippen LogP contribution is -2.28. The van der Waals surface area contributed by atoms with Crippen molar-refractivity contribution in [1.29, 1.82) is 0 Å². The van der Waals surface area contributed by atoms with Crippen LogP contribution in [0.3, 0.4) is 0 Å². The third-order valence-electron chi connectivity index (χ3n) is 4.72. The molecule has 1 aromatic heterocycles. The summed E-state index contributed by atoms with van der Waals surface area (Å²) in [6.45, 7) is 7.64. The van der Waals surface area contributed by atoms with Gasteiger partial charge in [-0.15, -0.1) is 0 Å². The quantitative estimate of drug-likeness (QED) is 0.708. The average molecular weight is 385 g/mol. The molecule has 5 nitrogen and oxygen atoms in total. The van der Waals surface area contributed by atoms with Crippen molar-refractivity contribution >= 4 is 20.9 Å². The van der Waals surface area contributed by atoms with Crippen LogP contribution in [0.2, 0.25) is 0 Å². The van der Waals surface area contributed by atoms with Crippen LogP contribution in [0.5, 0.6) is 0 Å². The Kier molecular flexibility index (Phi) is 5.22. The predicted octanol–water partition coefficient (Wildman–Crippen LogP) is 3.28. The van der Waals surface area contributed by atoms with Crippen molar-refractivity contribution in [3.63, 3.8) is 0 Å². The maximum Gasteiger partial charge on any atom is 0.251 e. The van der Waals surface area contributed by atoms with Gasteiger partial charge in [-0.05, 0) is 62.3 Å². The van der Waals surface area contributed by atoms with Gasteiger partial charge in [0.15, 0.2) is 0 Å². The number of rotatable bonds is 5. The second-order valence-electron chi connectivity index (χ2n) is 7.04. The molecule has 142 valence electrons. The Labute approximate surface area is 159 Å². The van der Waals surface area contributed by atoms with E-state index in [1.807, 2.05) is 50.2 Å². The first-order valence-electron chi connectivity index (χ1n) is 8.88. The molecule has 27 heavy (non-hydrogen) atoms. The van der Waals surface area contributed by atoms with Gasteiger partial charge >= 0.3 is 0 Å². The zero-order valence-corrected chi connectivity index (χ0v) is 16.8. The van der Waals surface area contributed by atoms with E-state index in [2.05, 4.69) is 9.71 Å². The molecule has 0 saturated carbocycles. The van der Waals surface area contributed by atoms with Crippen molar-refractivity contribution in [2.75, 3.05) is 6.54 Å². The van der Waals surface area contributed by atoms with Crippen LogP contribution in [0, 0.1) is 27.7 Å². The first-order valence-corrected chi connectivity index (χ1v) is 10.4. The first kappa shape index (κ1) is 19.3. The standard InChI is InChI=1S/C21H24N2O3S/c1-13-10-15(3)20(16(4)11-13)27(25,26)22-9-8-18-12-17-7-5-6-14(2)19(17)23-21(18)24/h5-7,10-12,22H,8-9H2,1-4H3,(H,23,24). The molecule has 2 N–H and O–H groups in total. The molecule has 0 aliphatic rings. The van der Waals surface area contributed by atoms with E-state index < -0.39 is 10.0 Å². The Balaban J connectivity index is 1.81. The van der Waals surface area contributed by atoms with Crippen LogP contribution in [0.15, 0.2) is 46.1 Å². The summed E-state index contributed by atoms with van der Waals surface area (Å²) in [6.07, 6.45) is 0.322. The van der Waals surface area contributed by atoms with Crippen molar-refractivity contribution in [2.24, 2.45) is 0 Å². The number of H-pyrrole nitrogens is 1. The van der Waals surface area contributed by atoms with E-state index in [1.165, 1.54) is 0 Å². The normalized spacial score (nSPS) is 11.9. The van der Waals surface area contributed by atoms with Crippen LogP contribution >= 0.6 is 0 Å². The number of aryl methyl sites for hydroxylation is 4. The number of aromatic nitrogens is 1. The molecule has 0 bridgehead atoms. The molecule has 3 aromatic rings. The molecule has 0 atom stereocenters. The summed E-state index contributed by atoms with van der Waals surface area (Å²) in [4.78, 5) is 15.5. The molecule has 6 heteroatoms. The Hall–Kier alpha value is -2.44. The summed E-state index contributed by atoms with van der Waals surface area (Å²) in [5, 5.41) is 0.942. The fourth-order valence-electron chi connectivity index (χ4n) is 3.60. The highest BCUT2D eigenvalue weighted by molar-refractivity contribution is 7.89. The minimum Gasteiger partial charge on any atom is -0.321 e. The fourth-order valence-corrected chi connectivity index (χ4v) is 5.08. The van der Waals surface area contributed by atoms with Crippen LogP contribution < -0.4 is 10.3 Å². The second-order valence-corrected chi connectivity index (χ2v) is 8.74. The van der Waals surface area contributed by atoms with Gasteiger partial charge in [0.2, 0.25) is 10.0 Å². The first-order chi connectivity index (χ1) is 12.7. The van der Waals surface area contributed by atoms with Gasteiger partial charge in [0.05, 0.1) is 10.4 Å². The molecular weight excluding hydrogens is 360 g/mol. The predicted molar refractivity (Wildman–Crippen MR) is 109 cm³/mol. The highest BCUT2D eigenvalue weighted by atomic mass is 32.2. The number of hydrogen-bond acceptors (Lipinski definition) is 3. The molecule has 1 heterocycles. The third-order valence-corrected chi connectivity index (χ3v) is 6.49. The summed E-state index contributed by atoms with van der Waals surface area (Å²) < 4.78 is 28.1. The topological polar surface area (TPSA) is 79.0 Å². The van der Waals surface area contributed by atoms with Crippen molar-refractivity contribution in [1.82, 2.24) is 9.71 Å². The molecule has 0 aliphatic carbocycles. The largest absolute Gasteiger partial charge is 0.321 e. The van der Waals surface area contributed by atoms with E-state index >= 15 is 0 Å². The van der Waals surface area contributed by atoms with Gasteiger partial charge in [-0.2, -0.15) is 0 Å². The monoisotopic (exact) mass is 384 g/mol. The van der Waals surface area contributed by atoms with Gasteiger partial charge < -0.3 is 4.98 Å². The van der Waals surface area contributed by atoms with Gasteiger partial charge in [-0.1, -0.05) is 35.9 Å². The van der Waals surface area contributed by atoms with E-state index in [9.17, 15) is 13.2 Å². The minimum absolute atomic E-state index is 0.162. The Morgan fingerprint density at radius 1 is 0.963 bits per heavy atom. The number of pyridine rings is 1. The SMILES string of the molecule is Cc1cc(C)c(S(=O)(=O)NCCc2cc3cccc(C)c3[nH]c2=O)c(C)c1. The zero-order valence-electron chi connectivity index (χ0n) is 16.0. The summed E-state index contributed by atoms with van der Waals surface area (Å²) in [5.41, 5.74) is 4.67. The van der Waals surface area contributed by atoms with Crippen molar-refractivity contribution < 1.29 is 8.42 Å². The van der Waals surface area contributed by atoms with E-state index in [0.29, 0.717) is 16.9 Å². The Bertz CT molecular complexity index is 1150. The van der Waals surface area contributed by atoms with Crippen LogP contribution in [-0.2, 0) is 16.4 Å².